The molecule has 1 aliphatic carbocycles. The van der Waals surface area contributed by atoms with E-state index in [4.69, 9.17) is 5.73 Å². The van der Waals surface area contributed by atoms with Crippen molar-refractivity contribution in [3.63, 3.8) is 0 Å². The number of hydrogen-bond acceptors (Lipinski definition) is 2. The first-order valence-corrected chi connectivity index (χ1v) is 5.93. The molecule has 88 valence electrons. The normalized spacial score (nSPS) is 25.4. The number of halogens is 1. The highest BCUT2D eigenvalue weighted by Gasteiger charge is 2.18. The van der Waals surface area contributed by atoms with Crippen molar-refractivity contribution >= 4 is 5.69 Å². The van der Waals surface area contributed by atoms with E-state index in [1.807, 2.05) is 13.0 Å². The standard InChI is InChI=1S/C13H19FN2/c1-9-2-3-10(14)8-13(9)16-12-6-4-11(15)5-7-12/h2-3,8,11-12,16H,4-7,15H2,1H3. The van der Waals surface area contributed by atoms with Crippen LogP contribution >= 0.6 is 0 Å². The summed E-state index contributed by atoms with van der Waals surface area (Å²) in [4.78, 5) is 0. The summed E-state index contributed by atoms with van der Waals surface area (Å²) in [6.07, 6.45) is 4.28. The van der Waals surface area contributed by atoms with Gasteiger partial charge in [-0.1, -0.05) is 6.07 Å². The van der Waals surface area contributed by atoms with Gasteiger partial charge >= 0.3 is 0 Å². The predicted molar refractivity (Wildman–Crippen MR) is 65.0 cm³/mol. The lowest BCUT2D eigenvalue weighted by atomic mass is 9.91. The molecule has 0 amide bonds. The van der Waals surface area contributed by atoms with Gasteiger partial charge in [0, 0.05) is 17.8 Å². The van der Waals surface area contributed by atoms with E-state index in [2.05, 4.69) is 5.32 Å². The van der Waals surface area contributed by atoms with Crippen molar-refractivity contribution in [3.8, 4) is 0 Å². The van der Waals surface area contributed by atoms with Crippen LogP contribution in [0.15, 0.2) is 18.2 Å². The van der Waals surface area contributed by atoms with Gasteiger partial charge in [-0.15, -0.1) is 0 Å². The van der Waals surface area contributed by atoms with Crippen LogP contribution in [0.1, 0.15) is 31.2 Å². The van der Waals surface area contributed by atoms with Crippen LogP contribution in [0.3, 0.4) is 0 Å². The lowest BCUT2D eigenvalue weighted by molar-refractivity contribution is 0.411. The van der Waals surface area contributed by atoms with Crippen molar-refractivity contribution in [2.75, 3.05) is 5.32 Å². The largest absolute Gasteiger partial charge is 0.382 e. The van der Waals surface area contributed by atoms with Crippen LogP contribution in [0.5, 0.6) is 0 Å². The van der Waals surface area contributed by atoms with Crippen molar-refractivity contribution in [1.82, 2.24) is 0 Å². The summed E-state index contributed by atoms with van der Waals surface area (Å²) >= 11 is 0. The van der Waals surface area contributed by atoms with Crippen LogP contribution in [-0.2, 0) is 0 Å². The Kier molecular flexibility index (Phi) is 3.44. The lowest BCUT2D eigenvalue weighted by Gasteiger charge is -2.28. The highest BCUT2D eigenvalue weighted by atomic mass is 19.1. The smallest absolute Gasteiger partial charge is 0.125 e. The first-order valence-electron chi connectivity index (χ1n) is 5.93. The second-order valence-electron chi connectivity index (χ2n) is 4.72. The zero-order valence-electron chi connectivity index (χ0n) is 9.67. The van der Waals surface area contributed by atoms with Gasteiger partial charge < -0.3 is 11.1 Å². The lowest BCUT2D eigenvalue weighted by Crippen LogP contribution is -2.32. The molecule has 0 spiro atoms. The minimum absolute atomic E-state index is 0.180. The van der Waals surface area contributed by atoms with Gasteiger partial charge in [0.2, 0.25) is 0 Å². The maximum Gasteiger partial charge on any atom is 0.125 e. The maximum absolute atomic E-state index is 13.1. The topological polar surface area (TPSA) is 38.0 Å². The van der Waals surface area contributed by atoms with Gasteiger partial charge in [0.1, 0.15) is 5.82 Å². The zero-order valence-corrected chi connectivity index (χ0v) is 9.67. The Bertz CT molecular complexity index is 357. The van der Waals surface area contributed by atoms with Gasteiger partial charge in [-0.3, -0.25) is 0 Å². The summed E-state index contributed by atoms with van der Waals surface area (Å²) in [5.74, 6) is -0.180. The molecule has 0 aromatic heterocycles. The molecule has 1 aromatic rings. The third kappa shape index (κ3) is 2.73. The van der Waals surface area contributed by atoms with Crippen LogP contribution in [0.4, 0.5) is 10.1 Å². The van der Waals surface area contributed by atoms with Crippen LogP contribution in [0.25, 0.3) is 0 Å². The fourth-order valence-corrected chi connectivity index (χ4v) is 2.23. The molecular weight excluding hydrogens is 203 g/mol. The Balaban J connectivity index is 2.00. The first-order chi connectivity index (χ1) is 7.65. The van der Waals surface area contributed by atoms with Gasteiger partial charge in [0.05, 0.1) is 0 Å². The molecule has 2 rings (SSSR count). The Morgan fingerprint density at radius 3 is 2.62 bits per heavy atom. The molecule has 3 N–H and O–H groups in total. The monoisotopic (exact) mass is 222 g/mol. The molecule has 1 fully saturated rings. The average molecular weight is 222 g/mol. The number of rotatable bonds is 2. The van der Waals surface area contributed by atoms with E-state index in [1.165, 1.54) is 6.07 Å². The van der Waals surface area contributed by atoms with Crippen molar-refractivity contribution in [3.05, 3.63) is 29.6 Å². The molecule has 0 atom stereocenters. The molecule has 0 aliphatic heterocycles. The molecular formula is C13H19FN2. The van der Waals surface area contributed by atoms with Crippen LogP contribution < -0.4 is 11.1 Å². The Morgan fingerprint density at radius 2 is 1.94 bits per heavy atom. The number of nitrogens with two attached hydrogens (primary N) is 1. The van der Waals surface area contributed by atoms with Crippen LogP contribution in [-0.4, -0.2) is 12.1 Å². The third-order valence-corrected chi connectivity index (χ3v) is 3.33. The molecule has 3 heteroatoms. The number of anilines is 1. The summed E-state index contributed by atoms with van der Waals surface area (Å²) in [5.41, 5.74) is 7.87. The van der Waals surface area contributed by atoms with Crippen LogP contribution in [0.2, 0.25) is 0 Å². The molecule has 0 heterocycles. The minimum atomic E-state index is -0.180. The SMILES string of the molecule is Cc1ccc(F)cc1NC1CCC(N)CC1. The molecule has 2 nitrogen and oxygen atoms in total. The van der Waals surface area contributed by atoms with Crippen molar-refractivity contribution < 1.29 is 4.39 Å². The summed E-state index contributed by atoms with van der Waals surface area (Å²) in [7, 11) is 0. The number of aryl methyl sites for hydroxylation is 1. The molecule has 1 aliphatic rings. The Morgan fingerprint density at radius 1 is 1.25 bits per heavy atom. The van der Waals surface area contributed by atoms with E-state index in [1.54, 1.807) is 6.07 Å². The number of benzene rings is 1. The maximum atomic E-state index is 13.1. The highest BCUT2D eigenvalue weighted by Crippen LogP contribution is 2.23. The van der Waals surface area contributed by atoms with Crippen LogP contribution in [0, 0.1) is 12.7 Å². The Hall–Kier alpha value is -1.09. The van der Waals surface area contributed by atoms with Crippen molar-refractivity contribution in [2.24, 2.45) is 5.73 Å². The molecule has 0 unspecified atom stereocenters. The second kappa shape index (κ2) is 4.83. The first kappa shape index (κ1) is 11.4. The summed E-state index contributed by atoms with van der Waals surface area (Å²) < 4.78 is 13.1. The number of hydrogen-bond donors (Lipinski definition) is 2. The van der Waals surface area contributed by atoms with Gasteiger partial charge in [-0.2, -0.15) is 0 Å². The predicted octanol–water partition coefficient (Wildman–Crippen LogP) is 2.82. The van der Waals surface area contributed by atoms with E-state index in [-0.39, 0.29) is 5.82 Å². The summed E-state index contributed by atoms with van der Waals surface area (Å²) in [6.45, 7) is 2.00. The fraction of sp³-hybridized carbons (Fsp3) is 0.538. The molecule has 0 saturated heterocycles. The third-order valence-electron chi connectivity index (χ3n) is 3.33. The van der Waals surface area contributed by atoms with Gasteiger partial charge in [0.25, 0.3) is 0 Å². The quantitative estimate of drug-likeness (QED) is 0.807. The highest BCUT2D eigenvalue weighted by molar-refractivity contribution is 5.51. The van der Waals surface area contributed by atoms with Crippen molar-refractivity contribution in [2.45, 2.75) is 44.7 Å². The minimum Gasteiger partial charge on any atom is -0.382 e. The number of nitrogens with one attached hydrogen (secondary N) is 1. The summed E-state index contributed by atoms with van der Waals surface area (Å²) in [6, 6.07) is 5.68. The van der Waals surface area contributed by atoms with Gasteiger partial charge in [0.15, 0.2) is 0 Å². The van der Waals surface area contributed by atoms with Gasteiger partial charge in [-0.25, -0.2) is 4.39 Å². The second-order valence-corrected chi connectivity index (χ2v) is 4.72. The molecule has 16 heavy (non-hydrogen) atoms. The van der Waals surface area contributed by atoms with E-state index in [0.717, 1.165) is 36.9 Å². The zero-order chi connectivity index (χ0) is 11.5. The van der Waals surface area contributed by atoms with Gasteiger partial charge in [-0.05, 0) is 50.3 Å². The van der Waals surface area contributed by atoms with E-state index < -0.39 is 0 Å². The molecule has 0 bridgehead atoms. The fourth-order valence-electron chi connectivity index (χ4n) is 2.23. The molecule has 0 radical (unpaired) electrons. The van der Waals surface area contributed by atoms with E-state index in [9.17, 15) is 4.39 Å². The average Bonchev–Trinajstić information content (AvgIpc) is 2.27. The molecule has 1 saturated carbocycles. The van der Waals surface area contributed by atoms with E-state index in [0.29, 0.717) is 12.1 Å². The van der Waals surface area contributed by atoms with Crippen molar-refractivity contribution in [1.29, 1.82) is 0 Å². The summed E-state index contributed by atoms with van der Waals surface area (Å²) in [5, 5.41) is 3.41. The molecule has 1 aromatic carbocycles. The Labute approximate surface area is 96.0 Å². The van der Waals surface area contributed by atoms with E-state index >= 15 is 0 Å².